The highest BCUT2D eigenvalue weighted by Gasteiger charge is 2.28. The smallest absolute Gasteiger partial charge is 0.226 e. The molecule has 0 saturated carbocycles. The van der Waals surface area contributed by atoms with Crippen molar-refractivity contribution in [3.05, 3.63) is 77.4 Å². The number of hydrogen-bond acceptors (Lipinski definition) is 3. The van der Waals surface area contributed by atoms with E-state index in [-0.39, 0.29) is 18.4 Å². The van der Waals surface area contributed by atoms with Gasteiger partial charge < -0.3 is 10.0 Å². The van der Waals surface area contributed by atoms with Gasteiger partial charge in [-0.05, 0) is 44.0 Å². The lowest BCUT2D eigenvalue weighted by Gasteiger charge is -2.34. The lowest BCUT2D eigenvalue weighted by Crippen LogP contribution is -2.43. The standard InChI is InChI=1S/C25H32N2O2/c1-21(18-22-8-4-2-5-9-22)19-26-14-12-24(13-15-26)25(29)27(16-17-28)20-23-10-6-3-7-11-23/h2-11,18,24,28H,12-17,19-20H2,1H3. The number of piperidine rings is 1. The number of carbonyl (C=O) groups excluding carboxylic acids is 1. The Morgan fingerprint density at radius 3 is 2.31 bits per heavy atom. The molecule has 2 aromatic carbocycles. The maximum Gasteiger partial charge on any atom is 0.226 e. The highest BCUT2D eigenvalue weighted by Crippen LogP contribution is 2.22. The average molecular weight is 393 g/mol. The summed E-state index contributed by atoms with van der Waals surface area (Å²) < 4.78 is 0. The van der Waals surface area contributed by atoms with Crippen LogP contribution in [0.3, 0.4) is 0 Å². The Morgan fingerprint density at radius 1 is 1.07 bits per heavy atom. The number of likely N-dealkylation sites (tertiary alicyclic amines) is 1. The molecule has 0 aliphatic carbocycles. The lowest BCUT2D eigenvalue weighted by molar-refractivity contribution is -0.138. The fraction of sp³-hybridized carbons (Fsp3) is 0.400. The third-order valence-electron chi connectivity index (χ3n) is 5.52. The summed E-state index contributed by atoms with van der Waals surface area (Å²) in [6.07, 6.45) is 4.00. The second-order valence-corrected chi connectivity index (χ2v) is 7.92. The molecule has 2 aromatic rings. The van der Waals surface area contributed by atoms with Crippen LogP contribution >= 0.6 is 0 Å². The third-order valence-corrected chi connectivity index (χ3v) is 5.52. The van der Waals surface area contributed by atoms with Crippen LogP contribution in [0.5, 0.6) is 0 Å². The van der Waals surface area contributed by atoms with Crippen LogP contribution in [-0.4, -0.2) is 53.6 Å². The van der Waals surface area contributed by atoms with Gasteiger partial charge in [-0.1, -0.05) is 72.3 Å². The summed E-state index contributed by atoms with van der Waals surface area (Å²) in [5.74, 6) is 0.235. The Labute approximate surface area is 174 Å². The Kier molecular flexibility index (Phi) is 8.03. The van der Waals surface area contributed by atoms with Gasteiger partial charge in [0.2, 0.25) is 5.91 Å². The summed E-state index contributed by atoms with van der Waals surface area (Å²) in [5.41, 5.74) is 3.68. The number of aliphatic hydroxyl groups excluding tert-OH is 1. The number of benzene rings is 2. The normalized spacial score (nSPS) is 16.0. The van der Waals surface area contributed by atoms with Crippen molar-refractivity contribution in [1.82, 2.24) is 9.80 Å². The largest absolute Gasteiger partial charge is 0.395 e. The van der Waals surface area contributed by atoms with Gasteiger partial charge in [0.15, 0.2) is 0 Å². The second kappa shape index (κ2) is 10.9. The van der Waals surface area contributed by atoms with E-state index in [4.69, 9.17) is 0 Å². The van der Waals surface area contributed by atoms with Crippen LogP contribution in [-0.2, 0) is 11.3 Å². The van der Waals surface area contributed by atoms with Crippen molar-refractivity contribution >= 4 is 12.0 Å². The molecule has 29 heavy (non-hydrogen) atoms. The molecule has 1 saturated heterocycles. The first-order chi connectivity index (χ1) is 14.2. The average Bonchev–Trinajstić information content (AvgIpc) is 2.75. The van der Waals surface area contributed by atoms with Crippen molar-refractivity contribution in [3.63, 3.8) is 0 Å². The van der Waals surface area contributed by atoms with Crippen LogP contribution < -0.4 is 0 Å². The predicted octanol–water partition coefficient (Wildman–Crippen LogP) is 3.82. The second-order valence-electron chi connectivity index (χ2n) is 7.92. The van der Waals surface area contributed by atoms with Gasteiger partial charge in [0.1, 0.15) is 0 Å². The molecule has 1 N–H and O–H groups in total. The fourth-order valence-electron chi connectivity index (χ4n) is 4.02. The molecule has 1 aliphatic heterocycles. The third kappa shape index (κ3) is 6.55. The van der Waals surface area contributed by atoms with Gasteiger partial charge in [0, 0.05) is 25.6 Å². The van der Waals surface area contributed by atoms with E-state index in [1.165, 1.54) is 11.1 Å². The van der Waals surface area contributed by atoms with Crippen molar-refractivity contribution in [2.45, 2.75) is 26.3 Å². The fourth-order valence-corrected chi connectivity index (χ4v) is 4.02. The summed E-state index contributed by atoms with van der Waals surface area (Å²) >= 11 is 0. The number of amides is 1. The first-order valence-corrected chi connectivity index (χ1v) is 10.5. The van der Waals surface area contributed by atoms with E-state index in [1.807, 2.05) is 41.3 Å². The van der Waals surface area contributed by atoms with Gasteiger partial charge in [-0.25, -0.2) is 0 Å². The summed E-state index contributed by atoms with van der Waals surface area (Å²) in [6, 6.07) is 20.4. The van der Waals surface area contributed by atoms with Gasteiger partial charge in [-0.15, -0.1) is 0 Å². The zero-order valence-electron chi connectivity index (χ0n) is 17.3. The molecule has 3 rings (SSSR count). The molecule has 0 aromatic heterocycles. The molecular weight excluding hydrogens is 360 g/mol. The number of hydrogen-bond donors (Lipinski definition) is 1. The van der Waals surface area contributed by atoms with E-state index in [9.17, 15) is 9.90 Å². The summed E-state index contributed by atoms with van der Waals surface area (Å²) in [5, 5.41) is 9.42. The van der Waals surface area contributed by atoms with Crippen LogP contribution in [0.1, 0.15) is 30.9 Å². The quantitative estimate of drug-likeness (QED) is 0.743. The van der Waals surface area contributed by atoms with E-state index in [2.05, 4.69) is 42.2 Å². The van der Waals surface area contributed by atoms with E-state index < -0.39 is 0 Å². The minimum Gasteiger partial charge on any atom is -0.395 e. The molecule has 0 atom stereocenters. The maximum absolute atomic E-state index is 13.0. The molecule has 0 radical (unpaired) electrons. The van der Waals surface area contributed by atoms with Gasteiger partial charge in [0.25, 0.3) is 0 Å². The van der Waals surface area contributed by atoms with Gasteiger partial charge in [0.05, 0.1) is 6.61 Å². The van der Waals surface area contributed by atoms with Crippen molar-refractivity contribution < 1.29 is 9.90 Å². The Bertz CT molecular complexity index is 781. The van der Waals surface area contributed by atoms with Crippen molar-refractivity contribution in [3.8, 4) is 0 Å². The number of rotatable bonds is 8. The van der Waals surface area contributed by atoms with Gasteiger partial charge in [-0.2, -0.15) is 0 Å². The summed E-state index contributed by atoms with van der Waals surface area (Å²) in [7, 11) is 0. The Hall–Kier alpha value is -2.43. The van der Waals surface area contributed by atoms with Crippen molar-refractivity contribution in [2.75, 3.05) is 32.8 Å². The molecule has 0 unspecified atom stereocenters. The van der Waals surface area contributed by atoms with Crippen molar-refractivity contribution in [1.29, 1.82) is 0 Å². The minimum atomic E-state index is 0.000887. The lowest BCUT2D eigenvalue weighted by atomic mass is 9.94. The molecule has 0 bridgehead atoms. The highest BCUT2D eigenvalue weighted by molar-refractivity contribution is 5.79. The SMILES string of the molecule is CC(=Cc1ccccc1)CN1CCC(C(=O)N(CCO)Cc2ccccc2)CC1. The molecule has 4 nitrogen and oxygen atoms in total. The molecule has 1 aliphatic rings. The van der Waals surface area contributed by atoms with Crippen LogP contribution in [0.25, 0.3) is 6.08 Å². The molecule has 1 amide bonds. The zero-order chi connectivity index (χ0) is 20.5. The Morgan fingerprint density at radius 2 is 1.69 bits per heavy atom. The van der Waals surface area contributed by atoms with Crippen LogP contribution in [0.15, 0.2) is 66.2 Å². The molecule has 154 valence electrons. The van der Waals surface area contributed by atoms with Gasteiger partial charge >= 0.3 is 0 Å². The van der Waals surface area contributed by atoms with E-state index >= 15 is 0 Å². The first-order valence-electron chi connectivity index (χ1n) is 10.5. The molecular formula is C25H32N2O2. The van der Waals surface area contributed by atoms with Crippen molar-refractivity contribution in [2.24, 2.45) is 5.92 Å². The van der Waals surface area contributed by atoms with Crippen LogP contribution in [0.4, 0.5) is 0 Å². The van der Waals surface area contributed by atoms with Gasteiger partial charge in [-0.3, -0.25) is 9.69 Å². The van der Waals surface area contributed by atoms with E-state index in [1.54, 1.807) is 0 Å². The molecule has 1 heterocycles. The van der Waals surface area contributed by atoms with Crippen LogP contribution in [0.2, 0.25) is 0 Å². The maximum atomic E-state index is 13.0. The van der Waals surface area contributed by atoms with E-state index in [0.717, 1.165) is 38.0 Å². The first kappa shape index (κ1) is 21.3. The highest BCUT2D eigenvalue weighted by atomic mass is 16.3. The number of aliphatic hydroxyl groups is 1. The van der Waals surface area contributed by atoms with Crippen LogP contribution in [0, 0.1) is 5.92 Å². The number of nitrogens with zero attached hydrogens (tertiary/aromatic N) is 2. The predicted molar refractivity (Wildman–Crippen MR) is 118 cm³/mol. The molecule has 0 spiro atoms. The molecule has 1 fully saturated rings. The minimum absolute atomic E-state index is 0.000887. The Balaban J connectivity index is 1.52. The topological polar surface area (TPSA) is 43.8 Å². The zero-order valence-corrected chi connectivity index (χ0v) is 17.3. The molecule has 4 heteroatoms. The summed E-state index contributed by atoms with van der Waals surface area (Å²) in [6.45, 7) is 5.96. The number of carbonyl (C=O) groups is 1. The monoisotopic (exact) mass is 392 g/mol. The summed E-state index contributed by atoms with van der Waals surface area (Å²) in [4.78, 5) is 17.3. The van der Waals surface area contributed by atoms with E-state index in [0.29, 0.717) is 13.1 Å².